The lowest BCUT2D eigenvalue weighted by Crippen LogP contribution is -2.42. The zero-order chi connectivity index (χ0) is 37.7. The molecule has 21 heteroatoms. The fourth-order valence-corrected chi connectivity index (χ4v) is 8.27. The zero-order valence-corrected chi connectivity index (χ0v) is 33.1. The molecule has 276 valence electrons. The van der Waals surface area contributed by atoms with E-state index in [2.05, 4.69) is 10.6 Å². The van der Waals surface area contributed by atoms with Gasteiger partial charge < -0.3 is 60.4 Å². The molecule has 49 heavy (non-hydrogen) atoms. The average Bonchev–Trinajstić information content (AvgIpc) is 3.01. The third-order valence-electron chi connectivity index (χ3n) is 6.07. The largest absolute Gasteiger partial charge is 0.461 e. The SMILES string of the molecule is CC(=O)N(CC(O)COC(=O)C(C)O)c1c(I)c(C(=O)NCC(O)COC(=O)C(C)O)c(I)c(C(=O)NCC(O)COC(=O)C(C)O)c1I. The smallest absolute Gasteiger partial charge is 0.334 e. The van der Waals surface area contributed by atoms with Gasteiger partial charge in [0.05, 0.1) is 30.5 Å². The monoisotopic (exact) mass is 1040 g/mol. The summed E-state index contributed by atoms with van der Waals surface area (Å²) in [5.41, 5.74) is -0.270. The molecule has 0 bridgehead atoms. The van der Waals surface area contributed by atoms with Crippen molar-refractivity contribution >= 4 is 109 Å². The maximum Gasteiger partial charge on any atom is 0.334 e. The molecule has 6 atom stereocenters. The van der Waals surface area contributed by atoms with E-state index in [0.717, 1.165) is 18.7 Å². The van der Waals surface area contributed by atoms with Crippen LogP contribution in [0, 0.1) is 10.7 Å². The fourth-order valence-electron chi connectivity index (χ4n) is 3.54. The second-order valence-corrected chi connectivity index (χ2v) is 13.7. The molecule has 0 saturated heterocycles. The molecule has 0 aliphatic carbocycles. The molecular weight excluding hydrogens is 999 g/mol. The zero-order valence-electron chi connectivity index (χ0n) is 26.6. The van der Waals surface area contributed by atoms with Crippen LogP contribution in [0.15, 0.2) is 0 Å². The number of rotatable bonds is 18. The average molecular weight is 1040 g/mol. The van der Waals surface area contributed by atoms with Gasteiger partial charge >= 0.3 is 17.9 Å². The molecule has 0 spiro atoms. The summed E-state index contributed by atoms with van der Waals surface area (Å²) in [5.74, 6) is -5.32. The minimum Gasteiger partial charge on any atom is -0.461 e. The predicted octanol–water partition coefficient (Wildman–Crippen LogP) is -1.83. The minimum absolute atomic E-state index is 0.00291. The third-order valence-corrected chi connectivity index (χ3v) is 9.24. The van der Waals surface area contributed by atoms with Crippen molar-refractivity contribution in [1.82, 2.24) is 10.6 Å². The Bertz CT molecular complexity index is 1300. The Balaban J connectivity index is 3.54. The standard InChI is InChI=1S/C28H38I3N3O15/c1-11(35)26(44)47-8-15(39)5-32-24(42)18-20(29)19(25(43)33-6-16(40)9-48-27(45)12(2)36)22(31)23(21(18)30)34(14(4)38)7-17(41)10-49-28(46)13(3)37/h11-13,15-17,35-37,39-41H,5-10H2,1-4H3,(H,32,42)(H,33,43). The highest BCUT2D eigenvalue weighted by Gasteiger charge is 2.33. The van der Waals surface area contributed by atoms with Crippen molar-refractivity contribution in [2.45, 2.75) is 64.3 Å². The number of ether oxygens (including phenoxy) is 3. The summed E-state index contributed by atoms with van der Waals surface area (Å²) in [6.45, 7) is 1.54. The Morgan fingerprint density at radius 1 is 0.612 bits per heavy atom. The number of esters is 3. The summed E-state index contributed by atoms with van der Waals surface area (Å²) in [6, 6.07) is 0. The molecule has 0 aliphatic heterocycles. The highest BCUT2D eigenvalue weighted by Crippen LogP contribution is 2.38. The van der Waals surface area contributed by atoms with E-state index in [1.54, 1.807) is 67.8 Å². The van der Waals surface area contributed by atoms with Gasteiger partial charge in [0.2, 0.25) is 5.91 Å². The van der Waals surface area contributed by atoms with Crippen molar-refractivity contribution in [3.8, 4) is 0 Å². The Hall–Kier alpha value is -2.01. The lowest BCUT2D eigenvalue weighted by Gasteiger charge is -2.29. The van der Waals surface area contributed by atoms with Gasteiger partial charge in [-0.15, -0.1) is 0 Å². The van der Waals surface area contributed by atoms with E-state index in [4.69, 9.17) is 14.2 Å². The number of hydrogen-bond acceptors (Lipinski definition) is 15. The highest BCUT2D eigenvalue weighted by atomic mass is 127. The number of aliphatic hydroxyl groups excluding tert-OH is 6. The van der Waals surface area contributed by atoms with Crippen molar-refractivity contribution in [1.29, 1.82) is 0 Å². The first-order valence-electron chi connectivity index (χ1n) is 14.3. The molecule has 18 nitrogen and oxygen atoms in total. The molecule has 1 aromatic rings. The van der Waals surface area contributed by atoms with Crippen LogP contribution in [0.2, 0.25) is 0 Å². The van der Waals surface area contributed by atoms with Crippen molar-refractivity contribution in [3.63, 3.8) is 0 Å². The summed E-state index contributed by atoms with van der Waals surface area (Å²) in [6.07, 6.45) is -8.62. The van der Waals surface area contributed by atoms with Gasteiger partial charge in [-0.25, -0.2) is 14.4 Å². The second-order valence-electron chi connectivity index (χ2n) is 10.5. The molecule has 3 amide bonds. The van der Waals surface area contributed by atoms with Crippen molar-refractivity contribution in [3.05, 3.63) is 21.8 Å². The van der Waals surface area contributed by atoms with Gasteiger partial charge in [-0.05, 0) is 88.5 Å². The van der Waals surface area contributed by atoms with Gasteiger partial charge in [0.15, 0.2) is 0 Å². The molecule has 0 heterocycles. The number of carbonyl (C=O) groups is 6. The van der Waals surface area contributed by atoms with E-state index >= 15 is 0 Å². The molecule has 1 rings (SSSR count). The van der Waals surface area contributed by atoms with Crippen LogP contribution in [0.25, 0.3) is 0 Å². The molecule has 0 radical (unpaired) electrons. The lowest BCUT2D eigenvalue weighted by atomic mass is 10.1. The van der Waals surface area contributed by atoms with Crippen LogP contribution < -0.4 is 15.5 Å². The predicted molar refractivity (Wildman–Crippen MR) is 193 cm³/mol. The number of benzene rings is 1. The topological polar surface area (TPSA) is 279 Å². The molecule has 8 N–H and O–H groups in total. The van der Waals surface area contributed by atoms with Gasteiger partial charge in [0.1, 0.15) is 56.4 Å². The molecule has 6 unspecified atom stereocenters. The third kappa shape index (κ3) is 14.3. The van der Waals surface area contributed by atoms with E-state index in [1.807, 2.05) is 0 Å². The van der Waals surface area contributed by atoms with Gasteiger partial charge in [-0.2, -0.15) is 0 Å². The maximum atomic E-state index is 13.5. The summed E-state index contributed by atoms with van der Waals surface area (Å²) in [5, 5.41) is 63.8. The van der Waals surface area contributed by atoms with Gasteiger partial charge in [-0.1, -0.05) is 0 Å². The summed E-state index contributed by atoms with van der Waals surface area (Å²) in [4.78, 5) is 75.8. The number of amides is 3. The van der Waals surface area contributed by atoms with E-state index in [0.29, 0.717) is 0 Å². The maximum absolute atomic E-state index is 13.5. The molecule has 0 fully saturated rings. The minimum atomic E-state index is -1.48. The van der Waals surface area contributed by atoms with Crippen LogP contribution in [0.5, 0.6) is 0 Å². The number of halogens is 3. The molecule has 1 aromatic carbocycles. The van der Waals surface area contributed by atoms with Gasteiger partial charge in [0, 0.05) is 23.6 Å². The second kappa shape index (κ2) is 21.4. The van der Waals surface area contributed by atoms with Crippen LogP contribution in [-0.2, 0) is 33.4 Å². The van der Waals surface area contributed by atoms with Crippen molar-refractivity contribution < 1.29 is 73.6 Å². The van der Waals surface area contributed by atoms with Crippen LogP contribution in [-0.4, -0.2) is 142 Å². The Kier molecular flexibility index (Phi) is 19.6. The quantitative estimate of drug-likeness (QED) is 0.0456. The van der Waals surface area contributed by atoms with Gasteiger partial charge in [-0.3, -0.25) is 14.4 Å². The Morgan fingerprint density at radius 2 is 0.939 bits per heavy atom. The molecule has 0 aliphatic rings. The van der Waals surface area contributed by atoms with Crippen LogP contribution in [0.3, 0.4) is 0 Å². The number of aliphatic hydroxyl groups is 6. The van der Waals surface area contributed by atoms with Crippen LogP contribution in [0.4, 0.5) is 5.69 Å². The number of nitrogens with one attached hydrogen (secondary N) is 2. The van der Waals surface area contributed by atoms with E-state index in [-0.39, 0.29) is 27.5 Å². The molecule has 0 aromatic heterocycles. The highest BCUT2D eigenvalue weighted by molar-refractivity contribution is 14.1. The first kappa shape index (κ1) is 45.0. The van der Waals surface area contributed by atoms with Gasteiger partial charge in [0.25, 0.3) is 11.8 Å². The van der Waals surface area contributed by atoms with Crippen LogP contribution in [0.1, 0.15) is 48.4 Å². The number of hydrogen-bond donors (Lipinski definition) is 8. The summed E-state index contributed by atoms with van der Waals surface area (Å²) >= 11 is 5.25. The van der Waals surface area contributed by atoms with E-state index < -0.39 is 112 Å². The summed E-state index contributed by atoms with van der Waals surface area (Å²) < 4.78 is 14.7. The first-order valence-corrected chi connectivity index (χ1v) is 17.6. The number of anilines is 1. The van der Waals surface area contributed by atoms with E-state index in [1.165, 1.54) is 13.8 Å². The Labute approximate surface area is 321 Å². The number of carbonyl (C=O) groups excluding carboxylic acids is 6. The Morgan fingerprint density at radius 3 is 1.24 bits per heavy atom. The van der Waals surface area contributed by atoms with E-state index in [9.17, 15) is 59.4 Å². The fraction of sp³-hybridized carbons (Fsp3) is 0.571. The summed E-state index contributed by atoms with van der Waals surface area (Å²) in [7, 11) is 0. The van der Waals surface area contributed by atoms with Crippen molar-refractivity contribution in [2.75, 3.05) is 44.4 Å². The van der Waals surface area contributed by atoms with Crippen LogP contribution >= 0.6 is 67.8 Å². The first-order chi connectivity index (χ1) is 22.7. The normalized spacial score (nSPS) is 14.7. The molecular formula is C28H38I3N3O15. The lowest BCUT2D eigenvalue weighted by molar-refractivity contribution is -0.155. The molecule has 0 saturated carbocycles. The van der Waals surface area contributed by atoms with Crippen molar-refractivity contribution in [2.24, 2.45) is 0 Å². The number of nitrogens with zero attached hydrogens (tertiary/aromatic N) is 1.